The minimum absolute atomic E-state index is 0.0774. The van der Waals surface area contributed by atoms with E-state index in [1.54, 1.807) is 26.8 Å². The van der Waals surface area contributed by atoms with Gasteiger partial charge < -0.3 is 20.1 Å². The molecule has 3 N–H and O–H groups in total. The highest BCUT2D eigenvalue weighted by Gasteiger charge is 2.56. The number of aliphatic carboxylic acids is 1. The van der Waals surface area contributed by atoms with Gasteiger partial charge in [-0.2, -0.15) is 0 Å². The van der Waals surface area contributed by atoms with Crippen molar-refractivity contribution in [1.82, 2.24) is 0 Å². The molecule has 0 spiro atoms. The van der Waals surface area contributed by atoms with Crippen molar-refractivity contribution in [3.63, 3.8) is 0 Å². The quantitative estimate of drug-likeness (QED) is 0.645. The maximum atomic E-state index is 12.5. The van der Waals surface area contributed by atoms with Gasteiger partial charge >= 0.3 is 5.97 Å². The molecule has 4 unspecified atom stereocenters. The van der Waals surface area contributed by atoms with Crippen LogP contribution in [0.5, 0.6) is 0 Å². The molecule has 0 amide bonds. The molecule has 2 rings (SSSR count). The van der Waals surface area contributed by atoms with Gasteiger partial charge in [-0.25, -0.2) is 4.79 Å². The molecular formula is C20H30O6. The first-order valence-corrected chi connectivity index (χ1v) is 9.01. The number of carbonyl (C=O) groups is 2. The average molecular weight is 366 g/mol. The Labute approximate surface area is 154 Å². The Balaban J connectivity index is 2.27. The normalized spacial score (nSPS) is 35.7. The van der Waals surface area contributed by atoms with Crippen molar-refractivity contribution in [3.8, 4) is 0 Å². The van der Waals surface area contributed by atoms with Crippen molar-refractivity contribution in [2.24, 2.45) is 11.3 Å². The van der Waals surface area contributed by atoms with Gasteiger partial charge in [-0.3, -0.25) is 4.79 Å². The second-order valence-corrected chi connectivity index (χ2v) is 8.65. The van der Waals surface area contributed by atoms with E-state index in [9.17, 15) is 19.8 Å². The van der Waals surface area contributed by atoms with Gasteiger partial charge in [-0.1, -0.05) is 13.0 Å². The van der Waals surface area contributed by atoms with Gasteiger partial charge in [0.2, 0.25) is 0 Å². The molecule has 0 aliphatic heterocycles. The molecule has 4 atom stereocenters. The number of carboxylic acids is 1. The molecule has 1 saturated carbocycles. The predicted octanol–water partition coefficient (Wildman–Crippen LogP) is 2.24. The van der Waals surface area contributed by atoms with Crippen LogP contribution in [0.3, 0.4) is 0 Å². The van der Waals surface area contributed by atoms with Crippen LogP contribution in [0.15, 0.2) is 23.3 Å². The van der Waals surface area contributed by atoms with Crippen LogP contribution in [-0.4, -0.2) is 51.0 Å². The van der Waals surface area contributed by atoms with Crippen molar-refractivity contribution < 1.29 is 29.6 Å². The lowest BCUT2D eigenvalue weighted by atomic mass is 9.54. The number of Topliss-reactive ketones (excluding diaryl/α,β-unsaturated/α-hetero) is 1. The number of ketones is 1. The zero-order chi connectivity index (χ0) is 19.9. The fourth-order valence-corrected chi connectivity index (χ4v) is 4.28. The van der Waals surface area contributed by atoms with Gasteiger partial charge in [-0.05, 0) is 52.0 Å². The van der Waals surface area contributed by atoms with Crippen LogP contribution in [0, 0.1) is 11.3 Å². The number of aliphatic hydroxyl groups is 2. The summed E-state index contributed by atoms with van der Waals surface area (Å²) in [5.41, 5.74) is -2.35. The van der Waals surface area contributed by atoms with Gasteiger partial charge in [0.15, 0.2) is 5.78 Å². The molecule has 1 fully saturated rings. The van der Waals surface area contributed by atoms with Crippen molar-refractivity contribution in [3.05, 3.63) is 23.3 Å². The Bertz CT molecular complexity index is 652. The monoisotopic (exact) mass is 366 g/mol. The predicted molar refractivity (Wildman–Crippen MR) is 96.6 cm³/mol. The van der Waals surface area contributed by atoms with Crippen LogP contribution < -0.4 is 0 Å². The summed E-state index contributed by atoms with van der Waals surface area (Å²) < 4.78 is 5.79. The maximum Gasteiger partial charge on any atom is 0.331 e. The molecule has 2 aliphatic rings. The van der Waals surface area contributed by atoms with Gasteiger partial charge in [0, 0.05) is 23.5 Å². The third kappa shape index (κ3) is 3.92. The third-order valence-corrected chi connectivity index (χ3v) is 5.89. The van der Waals surface area contributed by atoms with E-state index in [0.717, 1.165) is 0 Å². The van der Waals surface area contributed by atoms with Gasteiger partial charge in [-0.15, -0.1) is 0 Å². The van der Waals surface area contributed by atoms with Gasteiger partial charge in [0.1, 0.15) is 0 Å². The summed E-state index contributed by atoms with van der Waals surface area (Å²) in [4.78, 5) is 23.4. The Morgan fingerprint density at radius 2 is 2.04 bits per heavy atom. The molecule has 6 nitrogen and oxygen atoms in total. The lowest BCUT2D eigenvalue weighted by molar-refractivity contribution is -0.174. The van der Waals surface area contributed by atoms with E-state index in [4.69, 9.17) is 9.84 Å². The SMILES string of the molecule is CC(=CCOC1CCC2(C)CC(=O)C(C(C)(C)O)=CC2C1(C)O)C(=O)O. The summed E-state index contributed by atoms with van der Waals surface area (Å²) in [5, 5.41) is 30.5. The minimum Gasteiger partial charge on any atom is -0.478 e. The second-order valence-electron chi connectivity index (χ2n) is 8.65. The average Bonchev–Trinajstić information content (AvgIpc) is 2.47. The van der Waals surface area contributed by atoms with Crippen LogP contribution in [0.1, 0.15) is 53.9 Å². The highest BCUT2D eigenvalue weighted by molar-refractivity contribution is 5.98. The number of fused-ring (bicyclic) bond motifs is 1. The molecule has 0 heterocycles. The van der Waals surface area contributed by atoms with Crippen LogP contribution >= 0.6 is 0 Å². The lowest BCUT2D eigenvalue weighted by Gasteiger charge is -2.54. The van der Waals surface area contributed by atoms with Gasteiger partial charge in [0.25, 0.3) is 0 Å². The Kier molecular flexibility index (Phi) is 5.53. The van der Waals surface area contributed by atoms with Crippen LogP contribution in [-0.2, 0) is 14.3 Å². The van der Waals surface area contributed by atoms with Crippen molar-refractivity contribution in [2.75, 3.05) is 6.61 Å². The molecule has 0 bridgehead atoms. The van der Waals surface area contributed by atoms with Crippen LogP contribution in [0.4, 0.5) is 0 Å². The number of hydrogen-bond acceptors (Lipinski definition) is 5. The van der Waals surface area contributed by atoms with E-state index in [1.165, 1.54) is 13.0 Å². The first-order valence-electron chi connectivity index (χ1n) is 9.01. The maximum absolute atomic E-state index is 12.5. The van der Waals surface area contributed by atoms with E-state index < -0.39 is 23.3 Å². The van der Waals surface area contributed by atoms with E-state index in [0.29, 0.717) is 18.4 Å². The Morgan fingerprint density at radius 1 is 1.42 bits per heavy atom. The molecule has 0 radical (unpaired) electrons. The number of carbonyl (C=O) groups excluding carboxylic acids is 1. The summed E-state index contributed by atoms with van der Waals surface area (Å²) >= 11 is 0. The molecule has 146 valence electrons. The molecular weight excluding hydrogens is 336 g/mol. The molecule has 0 aromatic carbocycles. The smallest absolute Gasteiger partial charge is 0.331 e. The summed E-state index contributed by atoms with van der Waals surface area (Å²) in [6.07, 6.45) is 4.30. The summed E-state index contributed by atoms with van der Waals surface area (Å²) in [7, 11) is 0. The Morgan fingerprint density at radius 3 is 2.58 bits per heavy atom. The van der Waals surface area contributed by atoms with E-state index in [-0.39, 0.29) is 35.7 Å². The number of carboxylic acid groups (broad SMARTS) is 1. The highest BCUT2D eigenvalue weighted by atomic mass is 16.5. The van der Waals surface area contributed by atoms with Crippen molar-refractivity contribution in [1.29, 1.82) is 0 Å². The fourth-order valence-electron chi connectivity index (χ4n) is 4.28. The van der Waals surface area contributed by atoms with Crippen LogP contribution in [0.2, 0.25) is 0 Å². The largest absolute Gasteiger partial charge is 0.478 e. The molecule has 0 saturated heterocycles. The van der Waals surface area contributed by atoms with Crippen molar-refractivity contribution >= 4 is 11.8 Å². The van der Waals surface area contributed by atoms with Crippen LogP contribution in [0.25, 0.3) is 0 Å². The standard InChI is InChI=1S/C20H30O6/c1-12(17(22)23)7-9-26-16-6-8-19(4)11-14(21)13(18(2,3)24)10-15(19)20(16,5)25/h7,10,15-16,24-25H,6,8-9,11H2,1-5H3,(H,22,23). The first kappa shape index (κ1) is 20.8. The highest BCUT2D eigenvalue weighted by Crippen LogP contribution is 2.53. The summed E-state index contributed by atoms with van der Waals surface area (Å²) in [6, 6.07) is 0. The number of ether oxygens (including phenoxy) is 1. The van der Waals surface area contributed by atoms with E-state index in [2.05, 4.69) is 0 Å². The lowest BCUT2D eigenvalue weighted by Crippen LogP contribution is -2.59. The van der Waals surface area contributed by atoms with Gasteiger partial charge in [0.05, 0.1) is 23.9 Å². The second kappa shape index (κ2) is 6.91. The third-order valence-electron chi connectivity index (χ3n) is 5.89. The topological polar surface area (TPSA) is 104 Å². The molecule has 6 heteroatoms. The minimum atomic E-state index is -1.26. The van der Waals surface area contributed by atoms with E-state index >= 15 is 0 Å². The first-order chi connectivity index (χ1) is 11.8. The molecule has 26 heavy (non-hydrogen) atoms. The van der Waals surface area contributed by atoms with E-state index in [1.807, 2.05) is 6.92 Å². The summed E-state index contributed by atoms with van der Waals surface area (Å²) in [6.45, 7) is 8.43. The zero-order valence-electron chi connectivity index (χ0n) is 16.2. The molecule has 2 aliphatic carbocycles. The van der Waals surface area contributed by atoms with Crippen molar-refractivity contribution in [2.45, 2.75) is 71.2 Å². The Hall–Kier alpha value is -1.50. The zero-order valence-corrected chi connectivity index (χ0v) is 16.2. The molecule has 0 aromatic rings. The summed E-state index contributed by atoms with van der Waals surface area (Å²) in [5.74, 6) is -1.41. The number of hydrogen-bond donors (Lipinski definition) is 3. The fraction of sp³-hybridized carbons (Fsp3) is 0.700. The number of rotatable bonds is 5. The molecule has 0 aromatic heterocycles.